The van der Waals surface area contributed by atoms with Crippen LogP contribution in [0.15, 0.2) is 231 Å². The number of para-hydroxylation sites is 2. The van der Waals surface area contributed by atoms with E-state index < -0.39 is 14.5 Å². The quantitative estimate of drug-likeness (QED) is 0.165. The van der Waals surface area contributed by atoms with Crippen LogP contribution in [0.3, 0.4) is 0 Å². The molecule has 0 aromatic heterocycles. The van der Waals surface area contributed by atoms with Crippen LogP contribution in [0, 0.1) is 0 Å². The summed E-state index contributed by atoms with van der Waals surface area (Å²) in [5, 5.41) is 8.14. The Bertz CT molecular complexity index is 2000. The summed E-state index contributed by atoms with van der Waals surface area (Å²) in [6, 6.07) is 83.9. The molecule has 8 rings (SSSR count). The molecule has 0 N–H and O–H groups in total. The zero-order valence-electron chi connectivity index (χ0n) is 30.4. The minimum Gasteiger partial charge on any atom is -1.00 e. The molecule has 0 radical (unpaired) electrons. The highest BCUT2D eigenvalue weighted by molar-refractivity contribution is 7.95. The minimum absolute atomic E-state index is 0. The van der Waals surface area contributed by atoms with Gasteiger partial charge in [0.2, 0.25) is 0 Å². The molecule has 0 atom stereocenters. The third-order valence-electron chi connectivity index (χ3n) is 10.2. The van der Waals surface area contributed by atoms with E-state index in [0.717, 1.165) is 23.8 Å². The van der Waals surface area contributed by atoms with E-state index in [-0.39, 0.29) is 34.0 Å². The molecule has 272 valence electrons. The van der Waals surface area contributed by atoms with Crippen molar-refractivity contribution in [3.63, 3.8) is 0 Å². The molecule has 0 saturated heterocycles. The smallest absolute Gasteiger partial charge is 0.134 e. The highest BCUT2D eigenvalue weighted by Gasteiger charge is 2.47. The van der Waals surface area contributed by atoms with Crippen LogP contribution >= 0.6 is 14.5 Å². The normalized spacial score (nSPS) is 11.1. The summed E-state index contributed by atoms with van der Waals surface area (Å²) >= 11 is 0. The molecule has 0 aliphatic carbocycles. The van der Waals surface area contributed by atoms with E-state index >= 15 is 0 Å². The van der Waals surface area contributed by atoms with Crippen LogP contribution in [0.2, 0.25) is 0 Å². The summed E-state index contributed by atoms with van der Waals surface area (Å²) in [5.74, 6) is 1.80. The lowest BCUT2D eigenvalue weighted by atomic mass is 10.2. The van der Waals surface area contributed by atoms with Gasteiger partial charge in [-0.1, -0.05) is 146 Å². The maximum atomic E-state index is 7.18. The largest absolute Gasteiger partial charge is 1.00 e. The summed E-state index contributed by atoms with van der Waals surface area (Å²) < 4.78 is 7.18. The van der Waals surface area contributed by atoms with E-state index in [1.807, 2.05) is 0 Å². The van der Waals surface area contributed by atoms with E-state index in [1.165, 1.54) is 43.0 Å². The number of rotatable bonds is 12. The zero-order valence-corrected chi connectivity index (χ0v) is 35.4. The second-order valence-corrected chi connectivity index (χ2v) is 20.2. The molecule has 0 aliphatic rings. The van der Waals surface area contributed by atoms with E-state index in [0.29, 0.717) is 0 Å². The third kappa shape index (κ3) is 8.33. The average Bonchev–Trinajstić information content (AvgIpc) is 3.25. The standard InChI is InChI=1S/C50H42OP2.2BrH/c1-7-25-43(26-8-1)52(44-27-9-2-10-28-44,45-29-11-3-12-30-45)39-41-23-19-21-37-49(41)51-50-38-22-20-24-42(50)40-53(46-31-13-4-14-32-46,47-33-15-5-16-34-47)48-35-17-6-18-36-48;;/h1-38H,39-40H2;2*1H/q+2;;/p-2. The van der Waals surface area contributed by atoms with Gasteiger partial charge >= 0.3 is 0 Å². The summed E-state index contributed by atoms with van der Waals surface area (Å²) in [6.45, 7) is 0. The Hall–Kier alpha value is -4.62. The molecule has 0 spiro atoms. The van der Waals surface area contributed by atoms with Crippen molar-refractivity contribution in [3.05, 3.63) is 242 Å². The van der Waals surface area contributed by atoms with Crippen LogP contribution < -0.4 is 70.5 Å². The fourth-order valence-electron chi connectivity index (χ4n) is 7.63. The molecule has 0 amide bonds. The summed E-state index contributed by atoms with van der Waals surface area (Å²) in [7, 11) is -4.29. The van der Waals surface area contributed by atoms with Gasteiger partial charge in [0, 0.05) is 11.1 Å². The summed E-state index contributed by atoms with van der Waals surface area (Å²) in [4.78, 5) is 0. The van der Waals surface area contributed by atoms with Crippen molar-refractivity contribution in [1.82, 2.24) is 0 Å². The second-order valence-electron chi connectivity index (χ2n) is 13.3. The lowest BCUT2D eigenvalue weighted by Gasteiger charge is -2.29. The van der Waals surface area contributed by atoms with Crippen molar-refractivity contribution in [3.8, 4) is 11.5 Å². The SMILES string of the molecule is [Br-].[Br-].c1ccc([P+](Cc2ccccc2Oc2ccccc2C[P+](c2ccccc2)(c2ccccc2)c2ccccc2)(c2ccccc2)c2ccccc2)cc1. The first-order valence-electron chi connectivity index (χ1n) is 18.2. The minimum atomic E-state index is -2.15. The zero-order chi connectivity index (χ0) is 35.8. The van der Waals surface area contributed by atoms with Crippen LogP contribution in [0.4, 0.5) is 0 Å². The van der Waals surface area contributed by atoms with Crippen LogP contribution in [0.25, 0.3) is 0 Å². The summed E-state index contributed by atoms with van der Waals surface area (Å²) in [6.07, 6.45) is 1.66. The first-order valence-corrected chi connectivity index (χ1v) is 22.2. The second kappa shape index (κ2) is 18.8. The maximum absolute atomic E-state index is 7.18. The predicted octanol–water partition coefficient (Wildman–Crippen LogP) is 4.48. The van der Waals surface area contributed by atoms with Gasteiger partial charge in [-0.05, 0) is 84.9 Å². The number of hydrogen-bond acceptors (Lipinski definition) is 1. The van der Waals surface area contributed by atoms with Crippen LogP contribution in [-0.2, 0) is 12.3 Å². The molecule has 0 aliphatic heterocycles. The van der Waals surface area contributed by atoms with Gasteiger partial charge in [-0.15, -0.1) is 0 Å². The molecule has 0 fully saturated rings. The van der Waals surface area contributed by atoms with Crippen molar-refractivity contribution in [2.24, 2.45) is 0 Å². The van der Waals surface area contributed by atoms with Gasteiger partial charge in [-0.2, -0.15) is 0 Å². The third-order valence-corrected chi connectivity index (χ3v) is 18.9. The molecule has 0 heterocycles. The van der Waals surface area contributed by atoms with Crippen molar-refractivity contribution >= 4 is 46.4 Å². The predicted molar refractivity (Wildman–Crippen MR) is 231 cm³/mol. The molecule has 55 heavy (non-hydrogen) atoms. The van der Waals surface area contributed by atoms with Crippen molar-refractivity contribution in [2.45, 2.75) is 12.3 Å². The van der Waals surface area contributed by atoms with Crippen LogP contribution in [0.1, 0.15) is 11.1 Å². The van der Waals surface area contributed by atoms with Crippen molar-refractivity contribution in [1.29, 1.82) is 0 Å². The van der Waals surface area contributed by atoms with Crippen molar-refractivity contribution < 1.29 is 38.7 Å². The van der Waals surface area contributed by atoms with Gasteiger partial charge in [0.15, 0.2) is 0 Å². The highest BCUT2D eigenvalue weighted by atomic mass is 79.9. The molecule has 0 bridgehead atoms. The number of hydrogen-bond donors (Lipinski definition) is 0. The molecular formula is C50H42Br2OP2. The molecule has 0 saturated carbocycles. The van der Waals surface area contributed by atoms with Gasteiger partial charge in [0.1, 0.15) is 70.2 Å². The number of halogens is 2. The molecule has 0 unspecified atom stereocenters. The Morgan fingerprint density at radius 2 is 0.455 bits per heavy atom. The van der Waals surface area contributed by atoms with Gasteiger partial charge in [0.25, 0.3) is 0 Å². The first kappa shape index (κ1) is 40.1. The Morgan fingerprint density at radius 3 is 0.691 bits per heavy atom. The van der Waals surface area contributed by atoms with E-state index in [2.05, 4.69) is 231 Å². The lowest BCUT2D eigenvalue weighted by molar-refractivity contribution is -0.00100. The lowest BCUT2D eigenvalue weighted by Crippen LogP contribution is -3.00. The Kier molecular flexibility index (Phi) is 13.7. The fraction of sp³-hybridized carbons (Fsp3) is 0.0400. The molecule has 8 aromatic rings. The first-order chi connectivity index (χ1) is 26.3. The summed E-state index contributed by atoms with van der Waals surface area (Å²) in [5.41, 5.74) is 2.39. The topological polar surface area (TPSA) is 9.23 Å². The average molecular weight is 881 g/mol. The van der Waals surface area contributed by atoms with Gasteiger partial charge in [0.05, 0.1) is 0 Å². The highest BCUT2D eigenvalue weighted by Crippen LogP contribution is 2.61. The van der Waals surface area contributed by atoms with Crippen molar-refractivity contribution in [2.75, 3.05) is 0 Å². The maximum Gasteiger partial charge on any atom is 0.134 e. The van der Waals surface area contributed by atoms with Gasteiger partial charge in [-0.3, -0.25) is 0 Å². The van der Waals surface area contributed by atoms with E-state index in [4.69, 9.17) is 4.74 Å². The fourth-order valence-corrected chi connectivity index (χ4v) is 16.1. The molecular weight excluding hydrogens is 838 g/mol. The van der Waals surface area contributed by atoms with E-state index in [9.17, 15) is 0 Å². The Labute approximate surface area is 348 Å². The number of ether oxygens (including phenoxy) is 1. The van der Waals surface area contributed by atoms with Crippen LogP contribution in [0.5, 0.6) is 11.5 Å². The number of benzene rings is 8. The van der Waals surface area contributed by atoms with E-state index in [1.54, 1.807) is 0 Å². The molecule has 5 heteroatoms. The van der Waals surface area contributed by atoms with Gasteiger partial charge in [-0.25, -0.2) is 0 Å². The monoisotopic (exact) mass is 878 g/mol. The van der Waals surface area contributed by atoms with Crippen LogP contribution in [-0.4, -0.2) is 0 Å². The Balaban J connectivity index is 0.00000257. The Morgan fingerprint density at radius 1 is 0.255 bits per heavy atom. The molecule has 1 nitrogen and oxygen atoms in total. The van der Waals surface area contributed by atoms with Gasteiger partial charge < -0.3 is 38.7 Å². The molecule has 8 aromatic carbocycles.